The molecule has 0 aliphatic heterocycles. The molecule has 0 aliphatic carbocycles. The maximum absolute atomic E-state index is 10.5. The molecule has 0 aromatic heterocycles. The highest BCUT2D eigenvalue weighted by molar-refractivity contribution is 5.29. The highest BCUT2D eigenvalue weighted by Gasteiger charge is 2.12. The first-order chi connectivity index (χ1) is 28.0. The summed E-state index contributed by atoms with van der Waals surface area (Å²) in [6.45, 7) is 7.45. The molecular weight excluding hydrogens is 709 g/mol. The van der Waals surface area contributed by atoms with Crippen molar-refractivity contribution in [2.45, 2.75) is 219 Å². The van der Waals surface area contributed by atoms with Crippen molar-refractivity contribution < 1.29 is 29.2 Å². The summed E-state index contributed by atoms with van der Waals surface area (Å²) in [6.07, 6.45) is 35.9. The number of aliphatic hydroxyl groups excluding tert-OH is 2. The van der Waals surface area contributed by atoms with E-state index in [0.717, 1.165) is 24.3 Å². The number of hydrogen-bond donors (Lipinski definition) is 2. The van der Waals surface area contributed by atoms with Crippen molar-refractivity contribution in [3.8, 4) is 11.5 Å². The Bertz CT molecular complexity index is 1160. The van der Waals surface area contributed by atoms with Gasteiger partial charge in [0.25, 0.3) is 0 Å². The van der Waals surface area contributed by atoms with Gasteiger partial charge in [0.05, 0.1) is 25.9 Å². The standard InChI is InChI=1S/C51H88O6/c1-4-6-8-10-12-14-16-18-20-22-24-26-28-32-46-34-30-36-50(38-46)56-43-48(52)41-54-40-45(3)55-42-49(53)44-57-51-37-31-35-47(39-51)33-29-27-25-23-21-19-17-15-13-11-9-7-5-2/h30-31,34-39,45,48-49,52-53H,4-29,32-33,40-44H2,1-3H3. The van der Waals surface area contributed by atoms with E-state index in [1.54, 1.807) is 0 Å². The molecule has 6 nitrogen and oxygen atoms in total. The third kappa shape index (κ3) is 30.6. The summed E-state index contributed by atoms with van der Waals surface area (Å²) in [5.74, 6) is 1.58. The molecule has 0 spiro atoms. The Balaban J connectivity index is 1.45. The molecule has 2 N–H and O–H groups in total. The normalized spacial score (nSPS) is 13.1. The van der Waals surface area contributed by atoms with Crippen LogP contribution >= 0.6 is 0 Å². The summed E-state index contributed by atoms with van der Waals surface area (Å²) in [6, 6.07) is 16.5. The summed E-state index contributed by atoms with van der Waals surface area (Å²) in [5.41, 5.74) is 2.57. The zero-order valence-corrected chi connectivity index (χ0v) is 37.2. The number of ether oxygens (including phenoxy) is 4. The quantitative estimate of drug-likeness (QED) is 0.0653. The number of benzene rings is 2. The lowest BCUT2D eigenvalue weighted by Crippen LogP contribution is -2.29. The Morgan fingerprint density at radius 3 is 1.16 bits per heavy atom. The van der Waals surface area contributed by atoms with Crippen LogP contribution in [-0.4, -0.2) is 61.6 Å². The highest BCUT2D eigenvalue weighted by atomic mass is 16.5. The van der Waals surface area contributed by atoms with E-state index in [1.165, 1.54) is 178 Å². The molecule has 3 unspecified atom stereocenters. The summed E-state index contributed by atoms with van der Waals surface area (Å²) >= 11 is 0. The van der Waals surface area contributed by atoms with E-state index in [-0.39, 0.29) is 32.5 Å². The number of aryl methyl sites for hydroxylation is 2. The lowest BCUT2D eigenvalue weighted by atomic mass is 10.0. The molecule has 0 amide bonds. The second kappa shape index (κ2) is 36.9. The first-order valence-electron chi connectivity index (χ1n) is 24.0. The van der Waals surface area contributed by atoms with Gasteiger partial charge in [0.1, 0.15) is 36.9 Å². The second-order valence-corrected chi connectivity index (χ2v) is 16.9. The van der Waals surface area contributed by atoms with E-state index in [1.807, 2.05) is 31.2 Å². The van der Waals surface area contributed by atoms with Crippen LogP contribution in [0.1, 0.15) is 199 Å². The lowest BCUT2D eigenvalue weighted by molar-refractivity contribution is -0.0643. The van der Waals surface area contributed by atoms with Crippen molar-refractivity contribution in [1.29, 1.82) is 0 Å². The van der Waals surface area contributed by atoms with Crippen molar-refractivity contribution in [2.24, 2.45) is 0 Å². The van der Waals surface area contributed by atoms with Crippen LogP contribution in [0.3, 0.4) is 0 Å². The van der Waals surface area contributed by atoms with Gasteiger partial charge in [-0.3, -0.25) is 0 Å². The predicted molar refractivity (Wildman–Crippen MR) is 241 cm³/mol. The molecule has 0 bridgehead atoms. The van der Waals surface area contributed by atoms with Crippen LogP contribution in [0.2, 0.25) is 0 Å². The fraction of sp³-hybridized carbons (Fsp3) is 0.765. The summed E-state index contributed by atoms with van der Waals surface area (Å²) < 4.78 is 23.3. The monoisotopic (exact) mass is 797 g/mol. The summed E-state index contributed by atoms with van der Waals surface area (Å²) in [7, 11) is 0. The van der Waals surface area contributed by atoms with Gasteiger partial charge in [0.15, 0.2) is 0 Å². The molecule has 2 rings (SSSR count). The minimum Gasteiger partial charge on any atom is -0.491 e. The highest BCUT2D eigenvalue weighted by Crippen LogP contribution is 2.19. The molecule has 57 heavy (non-hydrogen) atoms. The third-order valence-corrected chi connectivity index (χ3v) is 11.1. The van der Waals surface area contributed by atoms with E-state index >= 15 is 0 Å². The minimum absolute atomic E-state index is 0.157. The van der Waals surface area contributed by atoms with Gasteiger partial charge in [-0.05, 0) is 68.0 Å². The maximum Gasteiger partial charge on any atom is 0.119 e. The van der Waals surface area contributed by atoms with Gasteiger partial charge in [-0.1, -0.05) is 192 Å². The molecule has 3 atom stereocenters. The van der Waals surface area contributed by atoms with Gasteiger partial charge in [-0.15, -0.1) is 0 Å². The largest absolute Gasteiger partial charge is 0.491 e. The number of rotatable bonds is 41. The predicted octanol–water partition coefficient (Wildman–Crippen LogP) is 13.6. The molecule has 0 fully saturated rings. The van der Waals surface area contributed by atoms with Gasteiger partial charge in [-0.25, -0.2) is 0 Å². The van der Waals surface area contributed by atoms with E-state index < -0.39 is 12.2 Å². The number of unbranched alkanes of at least 4 members (excludes halogenated alkanes) is 24. The van der Waals surface area contributed by atoms with Gasteiger partial charge >= 0.3 is 0 Å². The Hall–Kier alpha value is -2.12. The summed E-state index contributed by atoms with van der Waals surface area (Å²) in [5, 5.41) is 20.9. The zero-order valence-electron chi connectivity index (χ0n) is 37.2. The number of hydrogen-bond acceptors (Lipinski definition) is 6. The fourth-order valence-electron chi connectivity index (χ4n) is 7.45. The molecule has 0 aliphatic rings. The van der Waals surface area contributed by atoms with E-state index in [2.05, 4.69) is 38.1 Å². The van der Waals surface area contributed by atoms with Gasteiger partial charge in [0.2, 0.25) is 0 Å². The van der Waals surface area contributed by atoms with E-state index in [4.69, 9.17) is 18.9 Å². The first-order valence-corrected chi connectivity index (χ1v) is 24.0. The van der Waals surface area contributed by atoms with Crippen molar-refractivity contribution in [1.82, 2.24) is 0 Å². The molecule has 0 saturated heterocycles. The maximum atomic E-state index is 10.5. The van der Waals surface area contributed by atoms with Crippen molar-refractivity contribution >= 4 is 0 Å². The first kappa shape index (κ1) is 51.0. The van der Waals surface area contributed by atoms with Crippen LogP contribution in [0, 0.1) is 0 Å². The van der Waals surface area contributed by atoms with Crippen LogP contribution in [0.5, 0.6) is 11.5 Å². The average Bonchev–Trinajstić information content (AvgIpc) is 3.22. The Morgan fingerprint density at radius 1 is 0.421 bits per heavy atom. The average molecular weight is 797 g/mol. The molecule has 2 aromatic carbocycles. The molecule has 6 heteroatoms. The van der Waals surface area contributed by atoms with Gasteiger partial charge < -0.3 is 29.2 Å². The topological polar surface area (TPSA) is 77.4 Å². The minimum atomic E-state index is -0.739. The Kier molecular flexibility index (Phi) is 33.0. The molecular formula is C51H88O6. The Labute approximate surface area is 351 Å². The van der Waals surface area contributed by atoms with Gasteiger partial charge in [0, 0.05) is 0 Å². The fourth-order valence-corrected chi connectivity index (χ4v) is 7.45. The lowest BCUT2D eigenvalue weighted by Gasteiger charge is -2.18. The molecule has 2 aromatic rings. The molecule has 0 heterocycles. The molecule has 328 valence electrons. The van der Waals surface area contributed by atoms with Crippen LogP contribution in [0.4, 0.5) is 0 Å². The van der Waals surface area contributed by atoms with E-state index in [9.17, 15) is 10.2 Å². The smallest absolute Gasteiger partial charge is 0.119 e. The van der Waals surface area contributed by atoms with Crippen LogP contribution in [-0.2, 0) is 22.3 Å². The third-order valence-electron chi connectivity index (χ3n) is 11.1. The van der Waals surface area contributed by atoms with Crippen molar-refractivity contribution in [2.75, 3.05) is 33.0 Å². The van der Waals surface area contributed by atoms with Crippen LogP contribution < -0.4 is 9.47 Å². The van der Waals surface area contributed by atoms with Crippen molar-refractivity contribution in [3.05, 3.63) is 59.7 Å². The van der Waals surface area contributed by atoms with Crippen molar-refractivity contribution in [3.63, 3.8) is 0 Å². The van der Waals surface area contributed by atoms with Crippen LogP contribution in [0.25, 0.3) is 0 Å². The summed E-state index contributed by atoms with van der Waals surface area (Å²) in [4.78, 5) is 0. The number of aliphatic hydroxyl groups is 2. The molecule has 0 radical (unpaired) electrons. The zero-order chi connectivity index (χ0) is 40.9. The SMILES string of the molecule is CCCCCCCCCCCCCCCc1cccc(OCC(O)COCC(C)OCC(O)COc2cccc(CCCCCCCCCCCCCCC)c2)c1. The second-order valence-electron chi connectivity index (χ2n) is 16.9. The van der Waals surface area contributed by atoms with E-state index in [0.29, 0.717) is 6.61 Å². The Morgan fingerprint density at radius 2 is 0.772 bits per heavy atom. The molecule has 0 saturated carbocycles. The van der Waals surface area contributed by atoms with Gasteiger partial charge in [-0.2, -0.15) is 0 Å². The van der Waals surface area contributed by atoms with Crippen LogP contribution in [0.15, 0.2) is 48.5 Å².